The Morgan fingerprint density at radius 1 is 0.586 bits per heavy atom. The molecule has 152 valence electrons. The molecule has 3 unspecified atom stereocenters. The van der Waals surface area contributed by atoms with Crippen molar-refractivity contribution in [3.63, 3.8) is 0 Å². The Hall–Kier alpha value is -2.55. The van der Waals surface area contributed by atoms with Gasteiger partial charge in [-0.2, -0.15) is 0 Å². The molecule has 0 fully saturated rings. The summed E-state index contributed by atoms with van der Waals surface area (Å²) < 4.78 is 17.6. The van der Waals surface area contributed by atoms with Gasteiger partial charge in [-0.1, -0.05) is 80.1 Å². The second-order valence-electron chi connectivity index (χ2n) is 7.08. The van der Waals surface area contributed by atoms with Gasteiger partial charge >= 0.3 is 8.60 Å². The van der Waals surface area contributed by atoms with Crippen molar-refractivity contribution in [3.05, 3.63) is 108 Å². The standard InChI is InChI=1S/C24H27O4P/c1-19-7-4-10-22(16-13-19)25-28-29(26-23-11-5-8-20(2)14-17-23)27-24-12-6-9-21(3)15-18-24/h4-21H,1-3H3. The summed E-state index contributed by atoms with van der Waals surface area (Å²) in [7, 11) is -1.83. The van der Waals surface area contributed by atoms with Crippen molar-refractivity contribution in [3.8, 4) is 0 Å². The van der Waals surface area contributed by atoms with Crippen molar-refractivity contribution in [2.75, 3.05) is 0 Å². The average molecular weight is 410 g/mol. The highest BCUT2D eigenvalue weighted by molar-refractivity contribution is 7.41. The van der Waals surface area contributed by atoms with Crippen LogP contribution in [0.3, 0.4) is 0 Å². The van der Waals surface area contributed by atoms with Gasteiger partial charge in [-0.3, -0.25) is 0 Å². The molecule has 0 aromatic rings. The van der Waals surface area contributed by atoms with Gasteiger partial charge in [-0.15, -0.1) is 0 Å². The third-order valence-electron chi connectivity index (χ3n) is 4.27. The summed E-state index contributed by atoms with van der Waals surface area (Å²) in [5, 5.41) is 0. The molecule has 3 atom stereocenters. The van der Waals surface area contributed by atoms with Crippen LogP contribution in [0.25, 0.3) is 0 Å². The molecule has 0 aliphatic heterocycles. The zero-order valence-electron chi connectivity index (χ0n) is 17.0. The SMILES string of the molecule is CC1C=CC=C(OOP(OC2=CC=CC(C)C=C2)OC2=CC=CC(C)C=C2)C=C1. The van der Waals surface area contributed by atoms with Crippen LogP contribution in [-0.4, -0.2) is 0 Å². The first-order valence-corrected chi connectivity index (χ1v) is 10.9. The molecule has 0 amide bonds. The van der Waals surface area contributed by atoms with Crippen molar-refractivity contribution in [2.45, 2.75) is 20.8 Å². The molecule has 0 radical (unpaired) electrons. The molecule has 0 N–H and O–H groups in total. The zero-order valence-corrected chi connectivity index (χ0v) is 17.9. The fraction of sp³-hybridized carbons (Fsp3) is 0.250. The highest BCUT2D eigenvalue weighted by Gasteiger charge is 2.22. The molecule has 0 saturated carbocycles. The van der Waals surface area contributed by atoms with Crippen molar-refractivity contribution in [1.82, 2.24) is 0 Å². The van der Waals surface area contributed by atoms with E-state index in [0.717, 1.165) is 0 Å². The summed E-state index contributed by atoms with van der Waals surface area (Å²) in [6, 6.07) is 0. The molecule has 0 bridgehead atoms. The summed E-state index contributed by atoms with van der Waals surface area (Å²) in [6.45, 7) is 6.32. The van der Waals surface area contributed by atoms with Gasteiger partial charge < -0.3 is 13.9 Å². The normalized spacial score (nSPS) is 26.6. The van der Waals surface area contributed by atoms with Crippen LogP contribution in [0.1, 0.15) is 20.8 Å². The quantitative estimate of drug-likeness (QED) is 0.254. The molecule has 29 heavy (non-hydrogen) atoms. The van der Waals surface area contributed by atoms with Gasteiger partial charge in [0.2, 0.25) is 0 Å². The highest BCUT2D eigenvalue weighted by Crippen LogP contribution is 2.46. The number of allylic oxidation sites excluding steroid dienone is 15. The van der Waals surface area contributed by atoms with Crippen LogP contribution in [0.2, 0.25) is 0 Å². The zero-order chi connectivity index (χ0) is 20.5. The predicted molar refractivity (Wildman–Crippen MR) is 118 cm³/mol. The topological polar surface area (TPSA) is 36.9 Å². The molecular weight excluding hydrogens is 383 g/mol. The summed E-state index contributed by atoms with van der Waals surface area (Å²) >= 11 is 0. The third kappa shape index (κ3) is 7.41. The maximum Gasteiger partial charge on any atom is 0.502 e. The highest BCUT2D eigenvalue weighted by atomic mass is 31.2. The van der Waals surface area contributed by atoms with Gasteiger partial charge in [0.15, 0.2) is 5.76 Å². The molecule has 5 heteroatoms. The summed E-state index contributed by atoms with van der Waals surface area (Å²) in [5.74, 6) is 2.91. The van der Waals surface area contributed by atoms with Crippen molar-refractivity contribution in [1.29, 1.82) is 0 Å². The van der Waals surface area contributed by atoms with E-state index in [1.54, 1.807) is 0 Å². The summed E-state index contributed by atoms with van der Waals surface area (Å²) in [6.07, 6.45) is 29.6. The van der Waals surface area contributed by atoms with Crippen LogP contribution in [0.15, 0.2) is 108 Å². The second kappa shape index (κ2) is 10.8. The fourth-order valence-corrected chi connectivity index (χ4v) is 3.38. The molecule has 0 aromatic carbocycles. The molecule has 3 rings (SSSR count). The van der Waals surface area contributed by atoms with Gasteiger partial charge in [0.25, 0.3) is 0 Å². The molecule has 4 nitrogen and oxygen atoms in total. The molecular formula is C24H27O4P. The van der Waals surface area contributed by atoms with E-state index >= 15 is 0 Å². The minimum Gasteiger partial charge on any atom is -0.416 e. The Bertz CT molecular complexity index is 793. The molecule has 0 aromatic heterocycles. The lowest BCUT2D eigenvalue weighted by atomic mass is 10.2. The van der Waals surface area contributed by atoms with Crippen LogP contribution in [0.4, 0.5) is 0 Å². The number of rotatable bonds is 7. The van der Waals surface area contributed by atoms with E-state index < -0.39 is 8.60 Å². The fourth-order valence-electron chi connectivity index (χ4n) is 2.55. The largest absolute Gasteiger partial charge is 0.502 e. The third-order valence-corrected chi connectivity index (χ3v) is 5.19. The van der Waals surface area contributed by atoms with Crippen LogP contribution in [0.5, 0.6) is 0 Å². The van der Waals surface area contributed by atoms with E-state index in [2.05, 4.69) is 51.2 Å². The maximum absolute atomic E-state index is 5.98. The number of hydrogen-bond acceptors (Lipinski definition) is 4. The van der Waals surface area contributed by atoms with Crippen LogP contribution >= 0.6 is 8.60 Å². The number of hydrogen-bond donors (Lipinski definition) is 0. The van der Waals surface area contributed by atoms with Crippen molar-refractivity contribution in [2.24, 2.45) is 17.8 Å². The van der Waals surface area contributed by atoms with Gasteiger partial charge in [-0.05, 0) is 54.2 Å². The average Bonchev–Trinajstić information content (AvgIpc) is 3.12. The van der Waals surface area contributed by atoms with E-state index in [9.17, 15) is 0 Å². The minimum absolute atomic E-state index is 0.339. The van der Waals surface area contributed by atoms with Crippen LogP contribution < -0.4 is 0 Å². The first-order valence-electron chi connectivity index (χ1n) is 9.79. The Kier molecular flexibility index (Phi) is 7.92. The first kappa shape index (κ1) is 21.2. The Morgan fingerprint density at radius 2 is 1.00 bits per heavy atom. The molecule has 0 heterocycles. The van der Waals surface area contributed by atoms with Crippen molar-refractivity contribution >= 4 is 8.60 Å². The molecule has 0 spiro atoms. The van der Waals surface area contributed by atoms with E-state index in [4.69, 9.17) is 18.6 Å². The van der Waals surface area contributed by atoms with Crippen LogP contribution in [-0.2, 0) is 18.6 Å². The van der Waals surface area contributed by atoms with Gasteiger partial charge in [-0.25, -0.2) is 0 Å². The molecule has 3 aliphatic rings. The second-order valence-corrected chi connectivity index (χ2v) is 8.04. The van der Waals surface area contributed by atoms with Gasteiger partial charge in [0, 0.05) is 0 Å². The summed E-state index contributed by atoms with van der Waals surface area (Å²) in [4.78, 5) is 5.52. The predicted octanol–water partition coefficient (Wildman–Crippen LogP) is 7.13. The lowest BCUT2D eigenvalue weighted by Crippen LogP contribution is -1.97. The summed E-state index contributed by atoms with van der Waals surface area (Å²) in [5.41, 5.74) is 0. The van der Waals surface area contributed by atoms with Crippen LogP contribution in [0, 0.1) is 17.8 Å². The van der Waals surface area contributed by atoms with E-state index in [-0.39, 0.29) is 0 Å². The van der Waals surface area contributed by atoms with Gasteiger partial charge in [0.1, 0.15) is 11.5 Å². The lowest BCUT2D eigenvalue weighted by Gasteiger charge is -2.17. The Balaban J connectivity index is 1.70. The molecule has 3 aliphatic carbocycles. The Labute approximate surface area is 174 Å². The van der Waals surface area contributed by atoms with E-state index in [0.29, 0.717) is 35.0 Å². The van der Waals surface area contributed by atoms with E-state index in [1.807, 2.05) is 60.8 Å². The van der Waals surface area contributed by atoms with E-state index in [1.165, 1.54) is 0 Å². The Morgan fingerprint density at radius 3 is 1.48 bits per heavy atom. The first-order chi connectivity index (χ1) is 14.1. The van der Waals surface area contributed by atoms with Gasteiger partial charge in [0.05, 0.1) is 0 Å². The van der Waals surface area contributed by atoms with Crippen molar-refractivity contribution < 1.29 is 18.6 Å². The maximum atomic E-state index is 5.98. The smallest absolute Gasteiger partial charge is 0.416 e. The monoisotopic (exact) mass is 410 g/mol. The molecule has 0 saturated heterocycles. The minimum atomic E-state index is -1.83. The lowest BCUT2D eigenvalue weighted by molar-refractivity contribution is -0.170.